The van der Waals surface area contributed by atoms with Gasteiger partial charge in [-0.25, -0.2) is 0 Å². The molecule has 21 heavy (non-hydrogen) atoms. The Morgan fingerprint density at radius 2 is 1.90 bits per heavy atom. The highest BCUT2D eigenvalue weighted by molar-refractivity contribution is 5.93. The largest absolute Gasteiger partial charge is 0.544 e. The summed E-state index contributed by atoms with van der Waals surface area (Å²) in [6, 6.07) is 6.67. The molecular formula is C15H24N3O3+. The van der Waals surface area contributed by atoms with Crippen molar-refractivity contribution in [3.63, 3.8) is 0 Å². The van der Waals surface area contributed by atoms with E-state index in [1.165, 1.54) is 5.56 Å². The summed E-state index contributed by atoms with van der Waals surface area (Å²) < 4.78 is 0. The van der Waals surface area contributed by atoms with E-state index in [2.05, 4.69) is 24.9 Å². The smallest absolute Gasteiger partial charge is 0.230 e. The van der Waals surface area contributed by atoms with Crippen LogP contribution in [0.1, 0.15) is 31.7 Å². The molecule has 0 radical (unpaired) electrons. The Balaban J connectivity index is 2.57. The second-order valence-electron chi connectivity index (χ2n) is 5.33. The van der Waals surface area contributed by atoms with Crippen molar-refractivity contribution in [2.75, 3.05) is 18.4 Å². The summed E-state index contributed by atoms with van der Waals surface area (Å²) in [6.07, 6.45) is -0.117. The molecule has 0 aliphatic rings. The number of benzene rings is 1. The van der Waals surface area contributed by atoms with Gasteiger partial charge >= 0.3 is 0 Å². The van der Waals surface area contributed by atoms with E-state index in [0.29, 0.717) is 24.7 Å². The molecule has 0 heterocycles. The highest BCUT2D eigenvalue weighted by atomic mass is 16.4. The lowest BCUT2D eigenvalue weighted by Gasteiger charge is -2.15. The van der Waals surface area contributed by atoms with Gasteiger partial charge in [0.15, 0.2) is 0 Å². The van der Waals surface area contributed by atoms with Crippen LogP contribution in [-0.4, -0.2) is 31.0 Å². The molecular weight excluding hydrogens is 270 g/mol. The van der Waals surface area contributed by atoms with Crippen molar-refractivity contribution in [1.82, 2.24) is 0 Å². The summed E-state index contributed by atoms with van der Waals surface area (Å²) >= 11 is 0. The number of quaternary nitrogens is 2. The normalized spacial score (nSPS) is 12.2. The molecule has 1 aromatic carbocycles. The van der Waals surface area contributed by atoms with E-state index in [9.17, 15) is 14.7 Å². The number of rotatable bonds is 8. The molecule has 0 saturated heterocycles. The number of hydrogen-bond acceptors (Lipinski definition) is 3. The van der Waals surface area contributed by atoms with E-state index in [0.717, 1.165) is 0 Å². The maximum Gasteiger partial charge on any atom is 0.230 e. The summed E-state index contributed by atoms with van der Waals surface area (Å²) in [5.74, 6) is -1.13. The molecule has 0 aliphatic carbocycles. The first-order chi connectivity index (χ1) is 9.93. The fourth-order valence-corrected chi connectivity index (χ4v) is 1.95. The zero-order valence-corrected chi connectivity index (χ0v) is 12.6. The molecule has 6 heteroatoms. The molecule has 0 aliphatic heterocycles. The number of nitrogens with one attached hydrogen (secondary N) is 1. The predicted octanol–water partition coefficient (Wildman–Crippen LogP) is -1.94. The number of nitrogens with two attached hydrogens (primary N) is 1. The van der Waals surface area contributed by atoms with Crippen LogP contribution in [0, 0.1) is 0 Å². The second-order valence-corrected chi connectivity index (χ2v) is 5.33. The summed E-state index contributed by atoms with van der Waals surface area (Å²) in [7, 11) is 0. The second kappa shape index (κ2) is 8.39. The van der Waals surface area contributed by atoms with Gasteiger partial charge in [-0.2, -0.15) is 0 Å². The van der Waals surface area contributed by atoms with Gasteiger partial charge in [0.25, 0.3) is 0 Å². The minimum absolute atomic E-state index is 0.117. The molecule has 0 bridgehead atoms. The third-order valence-electron chi connectivity index (χ3n) is 3.22. The number of amides is 1. The lowest BCUT2D eigenvalue weighted by atomic mass is 10.0. The van der Waals surface area contributed by atoms with Gasteiger partial charge in [-0.15, -0.1) is 0 Å². The van der Waals surface area contributed by atoms with Gasteiger partial charge in [0.1, 0.15) is 19.1 Å². The summed E-state index contributed by atoms with van der Waals surface area (Å²) in [5, 5.41) is 15.2. The molecule has 1 atom stereocenters. The molecule has 0 unspecified atom stereocenters. The molecule has 0 saturated carbocycles. The number of carbonyl (C=O) groups excluding carboxylic acids is 2. The zero-order chi connectivity index (χ0) is 15.8. The minimum atomic E-state index is -1.23. The number of hydrogen-bond donors (Lipinski definition) is 3. The Labute approximate surface area is 124 Å². The Morgan fingerprint density at radius 1 is 1.29 bits per heavy atom. The van der Waals surface area contributed by atoms with Crippen LogP contribution in [0.5, 0.6) is 0 Å². The van der Waals surface area contributed by atoms with Crippen molar-refractivity contribution in [2.45, 2.75) is 32.2 Å². The maximum atomic E-state index is 11.9. The average molecular weight is 294 g/mol. The Morgan fingerprint density at radius 3 is 2.38 bits per heavy atom. The summed E-state index contributed by atoms with van der Waals surface area (Å²) in [4.78, 5) is 22.8. The minimum Gasteiger partial charge on any atom is -0.544 e. The van der Waals surface area contributed by atoms with E-state index in [4.69, 9.17) is 0 Å². The third kappa shape index (κ3) is 5.93. The van der Waals surface area contributed by atoms with Crippen LogP contribution >= 0.6 is 0 Å². The molecule has 1 rings (SSSR count). The Bertz CT molecular complexity index is 472. The number of carboxylic acids is 1. The van der Waals surface area contributed by atoms with Crippen molar-refractivity contribution in [1.29, 1.82) is 0 Å². The van der Waals surface area contributed by atoms with Gasteiger partial charge in [0, 0.05) is 5.69 Å². The fraction of sp³-hybridized carbons (Fsp3) is 0.467. The van der Waals surface area contributed by atoms with Gasteiger partial charge < -0.3 is 26.3 Å². The van der Waals surface area contributed by atoms with Crippen LogP contribution in [0.4, 0.5) is 5.69 Å². The van der Waals surface area contributed by atoms with Gasteiger partial charge in [-0.05, 0) is 23.6 Å². The van der Waals surface area contributed by atoms with Crippen LogP contribution in [0.15, 0.2) is 24.3 Å². The molecule has 6 N–H and O–H groups in total. The predicted molar refractivity (Wildman–Crippen MR) is 77.1 cm³/mol. The topological polar surface area (TPSA) is 113 Å². The van der Waals surface area contributed by atoms with Gasteiger partial charge in [0.2, 0.25) is 5.91 Å². The SMILES string of the molecule is CC(C)c1ccc(NC(=O)C[C@@H]([NH2+]CC[NH3+])C(=O)[O-])cc1. The quantitative estimate of drug-likeness (QED) is 0.518. The first-order valence-corrected chi connectivity index (χ1v) is 7.17. The van der Waals surface area contributed by atoms with Crippen molar-refractivity contribution >= 4 is 17.6 Å². The highest BCUT2D eigenvalue weighted by Gasteiger charge is 2.18. The van der Waals surface area contributed by atoms with E-state index >= 15 is 0 Å². The standard InChI is InChI=1S/C15H23N3O3/c1-10(2)11-3-5-12(6-4-11)18-14(19)9-13(15(20)21)17-8-7-16/h3-6,10,13,17H,7-9,16H2,1-2H3,(H,18,19)(H,20,21)/p+1/t13-/m1/s1. The molecule has 1 aromatic rings. The number of carbonyl (C=O) groups is 2. The van der Waals surface area contributed by atoms with E-state index < -0.39 is 12.0 Å². The van der Waals surface area contributed by atoms with E-state index in [-0.39, 0.29) is 12.3 Å². The third-order valence-corrected chi connectivity index (χ3v) is 3.22. The number of anilines is 1. The molecule has 116 valence electrons. The van der Waals surface area contributed by atoms with E-state index in [1.807, 2.05) is 24.3 Å². The Hall–Kier alpha value is -1.92. The molecule has 0 fully saturated rings. The monoisotopic (exact) mass is 294 g/mol. The lowest BCUT2D eigenvalue weighted by Crippen LogP contribution is -2.95. The van der Waals surface area contributed by atoms with Gasteiger partial charge in [0.05, 0.1) is 12.4 Å². The van der Waals surface area contributed by atoms with Crippen molar-refractivity contribution in [3.05, 3.63) is 29.8 Å². The van der Waals surface area contributed by atoms with Crippen LogP contribution in [-0.2, 0) is 9.59 Å². The van der Waals surface area contributed by atoms with Crippen molar-refractivity contribution < 1.29 is 25.7 Å². The van der Waals surface area contributed by atoms with Crippen LogP contribution in [0.2, 0.25) is 0 Å². The Kier molecular flexibility index (Phi) is 6.84. The molecule has 1 amide bonds. The number of aliphatic carboxylic acids is 1. The van der Waals surface area contributed by atoms with Crippen molar-refractivity contribution in [2.24, 2.45) is 0 Å². The van der Waals surface area contributed by atoms with E-state index in [1.54, 1.807) is 5.32 Å². The van der Waals surface area contributed by atoms with Crippen molar-refractivity contribution in [3.8, 4) is 0 Å². The average Bonchev–Trinajstić information content (AvgIpc) is 2.43. The molecule has 0 aromatic heterocycles. The summed E-state index contributed by atoms with van der Waals surface area (Å²) in [6.45, 7) is 5.34. The highest BCUT2D eigenvalue weighted by Crippen LogP contribution is 2.17. The maximum absolute atomic E-state index is 11.9. The summed E-state index contributed by atoms with van der Waals surface area (Å²) in [5.41, 5.74) is 5.49. The first-order valence-electron chi connectivity index (χ1n) is 7.17. The van der Waals surface area contributed by atoms with Crippen LogP contribution < -0.4 is 21.5 Å². The first kappa shape index (κ1) is 17.1. The fourth-order valence-electron chi connectivity index (χ4n) is 1.95. The zero-order valence-electron chi connectivity index (χ0n) is 12.6. The van der Waals surface area contributed by atoms with Gasteiger partial charge in [-0.3, -0.25) is 4.79 Å². The molecule has 6 nitrogen and oxygen atoms in total. The molecule has 0 spiro atoms. The number of carboxylic acid groups (broad SMARTS) is 1. The lowest BCUT2D eigenvalue weighted by molar-refractivity contribution is -0.695. The van der Waals surface area contributed by atoms with Crippen LogP contribution in [0.25, 0.3) is 0 Å². The van der Waals surface area contributed by atoms with Gasteiger partial charge in [-0.1, -0.05) is 26.0 Å². The van der Waals surface area contributed by atoms with Crippen LogP contribution in [0.3, 0.4) is 0 Å².